The van der Waals surface area contributed by atoms with E-state index in [1.54, 1.807) is 74.5 Å². The summed E-state index contributed by atoms with van der Waals surface area (Å²) in [5.74, 6) is 0.0815. The monoisotopic (exact) mass is 556 g/mol. The van der Waals surface area contributed by atoms with Gasteiger partial charge in [0.15, 0.2) is 11.5 Å². The molecule has 0 heterocycles. The van der Waals surface area contributed by atoms with E-state index >= 15 is 0 Å². The molecule has 0 aromatic heterocycles. The van der Waals surface area contributed by atoms with Crippen molar-refractivity contribution in [1.29, 1.82) is 0 Å². The molecule has 0 aliphatic carbocycles. The van der Waals surface area contributed by atoms with Crippen molar-refractivity contribution < 1.29 is 38.1 Å². The Balaban J connectivity index is 0.00000108. The first-order valence-electron chi connectivity index (χ1n) is 12.5. The van der Waals surface area contributed by atoms with E-state index in [-0.39, 0.29) is 23.7 Å². The maximum absolute atomic E-state index is 12.3. The van der Waals surface area contributed by atoms with Gasteiger partial charge in [0.1, 0.15) is 17.8 Å². The van der Waals surface area contributed by atoms with Crippen LogP contribution in [0.4, 0.5) is 0 Å². The van der Waals surface area contributed by atoms with Crippen molar-refractivity contribution in [1.82, 2.24) is 0 Å². The zero-order valence-corrected chi connectivity index (χ0v) is 23.3. The Morgan fingerprint density at radius 3 is 1.88 bits per heavy atom. The summed E-state index contributed by atoms with van der Waals surface area (Å²) >= 11 is 0. The number of benzene rings is 3. The highest BCUT2D eigenvalue weighted by atomic mass is 16.6. The zero-order valence-electron chi connectivity index (χ0n) is 23.3. The summed E-state index contributed by atoms with van der Waals surface area (Å²) in [5.41, 5.74) is 3.38. The quantitative estimate of drug-likeness (QED) is 0.118. The Labute approximate surface area is 239 Å². The van der Waals surface area contributed by atoms with Gasteiger partial charge >= 0.3 is 17.9 Å². The highest BCUT2D eigenvalue weighted by molar-refractivity contribution is 5.89. The fourth-order valence-corrected chi connectivity index (χ4v) is 3.15. The number of hydrogen-bond acceptors (Lipinski definition) is 8. The Bertz CT molecular complexity index is 1420. The van der Waals surface area contributed by atoms with E-state index in [1.807, 2.05) is 6.07 Å². The summed E-state index contributed by atoms with van der Waals surface area (Å²) in [5, 5.41) is 0. The van der Waals surface area contributed by atoms with Crippen molar-refractivity contribution in [3.8, 4) is 34.1 Å². The van der Waals surface area contributed by atoms with Crippen LogP contribution >= 0.6 is 0 Å². The third kappa shape index (κ3) is 10.8. The second-order valence-electron chi connectivity index (χ2n) is 8.77. The summed E-state index contributed by atoms with van der Waals surface area (Å²) < 4.78 is 21.1. The van der Waals surface area contributed by atoms with Gasteiger partial charge in [0.05, 0.1) is 7.11 Å². The molecule has 3 aromatic rings. The van der Waals surface area contributed by atoms with Gasteiger partial charge in [-0.05, 0) is 78.9 Å². The average Bonchev–Trinajstić information content (AvgIpc) is 2.97. The van der Waals surface area contributed by atoms with E-state index in [0.29, 0.717) is 29.2 Å². The number of carbonyl (C=O) groups excluding carboxylic acids is 4. The molecule has 0 radical (unpaired) electrons. The van der Waals surface area contributed by atoms with Crippen molar-refractivity contribution in [3.05, 3.63) is 109 Å². The predicted octanol–water partition coefficient (Wildman–Crippen LogP) is 6.23. The van der Waals surface area contributed by atoms with Crippen molar-refractivity contribution in [2.75, 3.05) is 7.11 Å². The minimum absolute atomic E-state index is 0.184. The van der Waals surface area contributed by atoms with E-state index in [2.05, 4.69) is 19.7 Å². The second-order valence-corrected chi connectivity index (χ2v) is 8.77. The zero-order chi connectivity index (χ0) is 30.4. The Morgan fingerprint density at radius 1 is 0.780 bits per heavy atom. The third-order valence-corrected chi connectivity index (χ3v) is 5.26. The van der Waals surface area contributed by atoms with Gasteiger partial charge < -0.3 is 18.9 Å². The minimum Gasteiger partial charge on any atom is -0.493 e. The minimum atomic E-state index is -0.542. The maximum Gasteiger partial charge on any atom is 0.338 e. The van der Waals surface area contributed by atoms with Crippen molar-refractivity contribution in [2.45, 2.75) is 26.7 Å². The molecule has 3 aromatic carbocycles. The van der Waals surface area contributed by atoms with Gasteiger partial charge in [-0.15, -0.1) is 0 Å². The standard InChI is InChI=1S/C29H26O7.C4H6O/c1-5-27(30)34-23-12-6-20(7-13-23)8-17-28(31)35-24-14-9-21(10-15-24)22-11-16-25(33-4)26(18-22)36-29(32)19(2)3;1-4(2)3-5/h5-7,9-16,18H,1-2,8,17H2,3-4H3;3H,1H2,2H3. The number of rotatable bonds is 11. The molecule has 0 N–H and O–H groups in total. The molecule has 0 fully saturated rings. The van der Waals surface area contributed by atoms with Crippen molar-refractivity contribution in [3.63, 3.8) is 0 Å². The first-order valence-corrected chi connectivity index (χ1v) is 12.5. The fraction of sp³-hybridized carbons (Fsp3) is 0.152. The van der Waals surface area contributed by atoms with Crippen LogP contribution in [0.25, 0.3) is 11.1 Å². The summed E-state index contributed by atoms with van der Waals surface area (Å²) in [6.07, 6.45) is 2.47. The first kappa shape index (κ1) is 32.0. The van der Waals surface area contributed by atoms with Crippen molar-refractivity contribution in [2.24, 2.45) is 0 Å². The highest BCUT2D eigenvalue weighted by Gasteiger charge is 2.13. The van der Waals surface area contributed by atoms with E-state index in [0.717, 1.165) is 29.1 Å². The van der Waals surface area contributed by atoms with E-state index < -0.39 is 11.9 Å². The lowest BCUT2D eigenvalue weighted by atomic mass is 10.0. The number of esters is 3. The molecule has 0 unspecified atom stereocenters. The number of aldehydes is 1. The number of hydrogen-bond donors (Lipinski definition) is 0. The van der Waals surface area contributed by atoms with Gasteiger partial charge in [0, 0.05) is 18.1 Å². The average molecular weight is 557 g/mol. The smallest absolute Gasteiger partial charge is 0.338 e. The lowest BCUT2D eigenvalue weighted by Gasteiger charge is -2.12. The molecule has 0 saturated heterocycles. The second kappa shape index (κ2) is 16.0. The van der Waals surface area contributed by atoms with Crippen LogP contribution in [0.1, 0.15) is 25.8 Å². The first-order chi connectivity index (χ1) is 19.6. The maximum atomic E-state index is 12.3. The van der Waals surface area contributed by atoms with Crippen LogP contribution in [-0.2, 0) is 25.6 Å². The normalized spacial score (nSPS) is 9.73. The Kier molecular flexibility index (Phi) is 12.5. The Morgan fingerprint density at radius 2 is 1.34 bits per heavy atom. The molecule has 8 nitrogen and oxygen atoms in total. The number of ether oxygens (including phenoxy) is 4. The van der Waals surface area contributed by atoms with Gasteiger partial charge in [-0.2, -0.15) is 0 Å². The molecule has 41 heavy (non-hydrogen) atoms. The van der Waals surface area contributed by atoms with Crippen LogP contribution in [0.3, 0.4) is 0 Å². The van der Waals surface area contributed by atoms with Crippen LogP contribution in [0.5, 0.6) is 23.0 Å². The number of allylic oxidation sites excluding steroid dienone is 1. The molecule has 0 aliphatic rings. The molecule has 0 saturated carbocycles. The molecule has 0 atom stereocenters. The number of methoxy groups -OCH3 is 1. The highest BCUT2D eigenvalue weighted by Crippen LogP contribution is 2.33. The summed E-state index contributed by atoms with van der Waals surface area (Å²) in [7, 11) is 1.49. The lowest BCUT2D eigenvalue weighted by Crippen LogP contribution is -2.09. The van der Waals surface area contributed by atoms with Crippen molar-refractivity contribution >= 4 is 24.2 Å². The predicted molar refractivity (Wildman–Crippen MR) is 156 cm³/mol. The molecule has 0 spiro atoms. The molecular weight excluding hydrogens is 524 g/mol. The summed E-state index contributed by atoms with van der Waals surface area (Å²) in [6.45, 7) is 13.5. The lowest BCUT2D eigenvalue weighted by molar-refractivity contribution is -0.134. The largest absolute Gasteiger partial charge is 0.493 e. The van der Waals surface area contributed by atoms with Crippen LogP contribution in [0.2, 0.25) is 0 Å². The molecule has 0 bridgehead atoms. The number of carbonyl (C=O) groups is 4. The van der Waals surface area contributed by atoms with Gasteiger partial charge in [-0.1, -0.05) is 50.1 Å². The Hall–Kier alpha value is -5.24. The van der Waals surface area contributed by atoms with Gasteiger partial charge in [-0.3, -0.25) is 9.59 Å². The molecule has 0 aliphatic heterocycles. The number of aryl methyl sites for hydroxylation is 1. The molecule has 212 valence electrons. The molecule has 3 rings (SSSR count). The SMILES string of the molecule is C=C(C)C=O.C=CC(=O)Oc1ccc(CCC(=O)Oc2ccc(-c3ccc(OC)c(OC(=O)C(=C)C)c3)cc2)cc1. The fourth-order valence-electron chi connectivity index (χ4n) is 3.15. The van der Waals surface area contributed by atoms with Gasteiger partial charge in [-0.25, -0.2) is 9.59 Å². The van der Waals surface area contributed by atoms with Crippen LogP contribution in [0.15, 0.2) is 104 Å². The molecular formula is C33H32O8. The third-order valence-electron chi connectivity index (χ3n) is 5.26. The van der Waals surface area contributed by atoms with Crippen LogP contribution < -0.4 is 18.9 Å². The molecule has 0 amide bonds. The summed E-state index contributed by atoms with van der Waals surface area (Å²) in [6, 6.07) is 19.1. The van der Waals surface area contributed by atoms with Crippen LogP contribution in [-0.4, -0.2) is 31.3 Å². The van der Waals surface area contributed by atoms with E-state index in [9.17, 15) is 19.2 Å². The topological polar surface area (TPSA) is 105 Å². The van der Waals surface area contributed by atoms with Gasteiger partial charge in [0.2, 0.25) is 0 Å². The molecule has 8 heteroatoms. The van der Waals surface area contributed by atoms with E-state index in [4.69, 9.17) is 18.9 Å². The van der Waals surface area contributed by atoms with Crippen LogP contribution in [0, 0.1) is 0 Å². The van der Waals surface area contributed by atoms with Gasteiger partial charge in [0.25, 0.3) is 0 Å². The summed E-state index contributed by atoms with van der Waals surface area (Å²) in [4.78, 5) is 44.9. The van der Waals surface area contributed by atoms with E-state index in [1.165, 1.54) is 7.11 Å².